The van der Waals surface area contributed by atoms with Gasteiger partial charge in [-0.3, -0.25) is 0 Å². The Hall–Kier alpha value is 0.525. The van der Waals surface area contributed by atoms with Crippen molar-refractivity contribution >= 4 is 7.60 Å². The van der Waals surface area contributed by atoms with Crippen molar-refractivity contribution in [2.75, 3.05) is 0 Å². The van der Waals surface area contributed by atoms with Crippen molar-refractivity contribution in [2.45, 2.75) is 71.6 Å². The van der Waals surface area contributed by atoms with E-state index in [0.29, 0.717) is 0 Å². The normalized spacial score (nSPS) is 13.8. The summed E-state index contributed by atoms with van der Waals surface area (Å²) in [6.45, 7) is 14.3. The SMILES string of the molecule is CCc1c(C(C)(C)C)cc(C(O)P(=O)([O-])[O-])cc1C(C)(C)C.[Li+].[Li+]. The Morgan fingerprint density at radius 2 is 1.33 bits per heavy atom. The maximum Gasteiger partial charge on any atom is 1.00 e. The minimum absolute atomic E-state index is 0. The van der Waals surface area contributed by atoms with Crippen molar-refractivity contribution in [3.8, 4) is 0 Å². The van der Waals surface area contributed by atoms with Crippen LogP contribution < -0.4 is 47.5 Å². The van der Waals surface area contributed by atoms with Crippen LogP contribution in [0.15, 0.2) is 12.1 Å². The Bertz CT molecular complexity index is 563. The standard InChI is InChI=1S/C17H29O4P.2Li/c1-8-12-13(16(2,3)4)9-11(15(18)22(19,20)21)10-14(12)17(5,6)7;;/h9-10,15,18H,8H2,1-7H3,(H2,19,20,21);;/q;2*+1/p-2. The largest absolute Gasteiger partial charge is 1.00 e. The number of rotatable bonds is 3. The molecule has 0 bridgehead atoms. The Balaban J connectivity index is 0. The van der Waals surface area contributed by atoms with E-state index < -0.39 is 13.4 Å². The molecule has 24 heavy (non-hydrogen) atoms. The van der Waals surface area contributed by atoms with E-state index in [4.69, 9.17) is 0 Å². The van der Waals surface area contributed by atoms with Crippen molar-refractivity contribution < 1.29 is 57.2 Å². The van der Waals surface area contributed by atoms with Gasteiger partial charge in [0.2, 0.25) is 0 Å². The Morgan fingerprint density at radius 3 is 1.54 bits per heavy atom. The second kappa shape index (κ2) is 8.95. The van der Waals surface area contributed by atoms with Crippen LogP contribution in [0, 0.1) is 0 Å². The molecule has 0 amide bonds. The molecular weight excluding hydrogens is 313 g/mol. The van der Waals surface area contributed by atoms with Crippen LogP contribution in [-0.4, -0.2) is 5.11 Å². The smallest absolute Gasteiger partial charge is 0.809 e. The van der Waals surface area contributed by atoms with E-state index in [1.54, 1.807) is 12.1 Å². The summed E-state index contributed by atoms with van der Waals surface area (Å²) in [6, 6.07) is 3.34. The van der Waals surface area contributed by atoms with Crippen molar-refractivity contribution in [3.05, 3.63) is 34.4 Å². The first-order valence-electron chi connectivity index (χ1n) is 7.57. The third kappa shape index (κ3) is 6.35. The van der Waals surface area contributed by atoms with E-state index in [1.165, 1.54) is 0 Å². The number of hydrogen-bond acceptors (Lipinski definition) is 4. The molecule has 0 aliphatic rings. The molecule has 1 N–H and O–H groups in total. The predicted molar refractivity (Wildman–Crippen MR) is 85.8 cm³/mol. The first-order valence-corrected chi connectivity index (χ1v) is 9.18. The van der Waals surface area contributed by atoms with E-state index in [-0.39, 0.29) is 54.1 Å². The van der Waals surface area contributed by atoms with Gasteiger partial charge in [-0.25, -0.2) is 0 Å². The molecule has 1 aromatic carbocycles. The van der Waals surface area contributed by atoms with Gasteiger partial charge in [0.25, 0.3) is 0 Å². The van der Waals surface area contributed by atoms with Crippen molar-refractivity contribution in [2.24, 2.45) is 0 Å². The molecule has 0 radical (unpaired) electrons. The average Bonchev–Trinajstić information content (AvgIpc) is 2.32. The van der Waals surface area contributed by atoms with Crippen LogP contribution in [-0.2, 0) is 21.8 Å². The van der Waals surface area contributed by atoms with Gasteiger partial charge in [0.15, 0.2) is 0 Å². The van der Waals surface area contributed by atoms with Gasteiger partial charge in [-0.2, -0.15) is 0 Å². The molecule has 1 rings (SSSR count). The summed E-state index contributed by atoms with van der Waals surface area (Å²) in [7, 11) is -5.09. The molecule has 4 nitrogen and oxygen atoms in total. The zero-order chi connectivity index (χ0) is 17.5. The fourth-order valence-corrected chi connectivity index (χ4v) is 3.26. The third-order valence-corrected chi connectivity index (χ3v) is 4.74. The summed E-state index contributed by atoms with van der Waals surface area (Å²) >= 11 is 0. The van der Waals surface area contributed by atoms with E-state index in [0.717, 1.165) is 23.1 Å². The van der Waals surface area contributed by atoms with Crippen LogP contribution in [0.4, 0.5) is 0 Å². The van der Waals surface area contributed by atoms with Crippen LogP contribution in [0.2, 0.25) is 0 Å². The number of benzene rings is 1. The second-order valence-electron chi connectivity index (χ2n) is 7.86. The zero-order valence-electron chi connectivity index (χ0n) is 16.6. The molecule has 0 fully saturated rings. The van der Waals surface area contributed by atoms with Crippen LogP contribution in [0.3, 0.4) is 0 Å². The molecule has 0 saturated heterocycles. The number of aliphatic hydroxyl groups excluding tert-OH is 1. The Kier molecular flexibility index (Phi) is 9.97. The van der Waals surface area contributed by atoms with Gasteiger partial charge in [0, 0.05) is 0 Å². The number of hydrogen-bond donors (Lipinski definition) is 1. The fraction of sp³-hybridized carbons (Fsp3) is 0.647. The molecule has 1 atom stereocenters. The summed E-state index contributed by atoms with van der Waals surface area (Å²) in [5.74, 6) is -2.00. The first kappa shape index (κ1) is 26.8. The van der Waals surface area contributed by atoms with Gasteiger partial charge in [-0.15, -0.1) is 0 Å². The Labute approximate surface area is 170 Å². The summed E-state index contributed by atoms with van der Waals surface area (Å²) < 4.78 is 11.2. The topological polar surface area (TPSA) is 83.4 Å². The quantitative estimate of drug-likeness (QED) is 0.463. The number of aliphatic hydroxyl groups is 1. The van der Waals surface area contributed by atoms with Gasteiger partial charge in [0.1, 0.15) is 5.85 Å². The molecule has 0 aliphatic carbocycles. The second-order valence-corrected chi connectivity index (χ2v) is 9.43. The van der Waals surface area contributed by atoms with Gasteiger partial charge in [-0.05, 0) is 47.1 Å². The summed E-state index contributed by atoms with van der Waals surface area (Å²) in [6.07, 6.45) is 0.808. The van der Waals surface area contributed by atoms with Crippen molar-refractivity contribution in [3.63, 3.8) is 0 Å². The van der Waals surface area contributed by atoms with Gasteiger partial charge in [0.05, 0.1) is 0 Å². The first-order chi connectivity index (χ1) is 9.69. The fourth-order valence-electron chi connectivity index (χ4n) is 2.75. The minimum atomic E-state index is -5.09. The van der Waals surface area contributed by atoms with Crippen molar-refractivity contribution in [1.29, 1.82) is 0 Å². The van der Waals surface area contributed by atoms with E-state index >= 15 is 0 Å². The molecule has 126 valence electrons. The van der Waals surface area contributed by atoms with Crippen LogP contribution in [0.1, 0.15) is 76.6 Å². The molecule has 0 spiro atoms. The molecule has 0 aliphatic heterocycles. The maximum absolute atomic E-state index is 11.2. The monoisotopic (exact) mass is 340 g/mol. The minimum Gasteiger partial charge on any atom is -0.809 e. The molecule has 1 unspecified atom stereocenters. The van der Waals surface area contributed by atoms with Gasteiger partial charge < -0.3 is 19.5 Å². The molecule has 0 heterocycles. The third-order valence-electron chi connectivity index (χ3n) is 3.84. The average molecular weight is 340 g/mol. The predicted octanol–water partition coefficient (Wildman–Crippen LogP) is -3.24. The summed E-state index contributed by atoms with van der Waals surface area (Å²) in [4.78, 5) is 22.5. The van der Waals surface area contributed by atoms with E-state index in [2.05, 4.69) is 6.92 Å². The van der Waals surface area contributed by atoms with Gasteiger partial charge in [-0.1, -0.05) is 60.6 Å². The van der Waals surface area contributed by atoms with E-state index in [1.807, 2.05) is 41.5 Å². The summed E-state index contributed by atoms with van der Waals surface area (Å²) in [5, 5.41) is 9.91. The molecule has 0 aromatic heterocycles. The van der Waals surface area contributed by atoms with Crippen LogP contribution in [0.5, 0.6) is 0 Å². The Morgan fingerprint density at radius 1 is 1.00 bits per heavy atom. The van der Waals surface area contributed by atoms with Crippen molar-refractivity contribution in [1.82, 2.24) is 0 Å². The van der Waals surface area contributed by atoms with Crippen LogP contribution >= 0.6 is 7.60 Å². The molecule has 0 saturated carbocycles. The molecular formula is C17H27Li2O4P. The maximum atomic E-state index is 11.2. The molecule has 7 heteroatoms. The zero-order valence-corrected chi connectivity index (χ0v) is 17.5. The molecule has 1 aromatic rings. The van der Waals surface area contributed by atoms with Crippen LogP contribution in [0.25, 0.3) is 0 Å². The van der Waals surface area contributed by atoms with Gasteiger partial charge >= 0.3 is 37.7 Å². The summed E-state index contributed by atoms with van der Waals surface area (Å²) in [5.41, 5.74) is 2.85. The van der Waals surface area contributed by atoms with E-state index in [9.17, 15) is 19.5 Å².